The van der Waals surface area contributed by atoms with Gasteiger partial charge in [0.25, 0.3) is 0 Å². The fourth-order valence-corrected chi connectivity index (χ4v) is 3.37. The summed E-state index contributed by atoms with van der Waals surface area (Å²) in [5, 5.41) is 0. The average Bonchev–Trinajstić information content (AvgIpc) is 2.01. The van der Waals surface area contributed by atoms with Gasteiger partial charge in [-0.15, -0.1) is 0 Å². The van der Waals surface area contributed by atoms with Crippen molar-refractivity contribution in [3.05, 3.63) is 0 Å². The molecule has 2 bridgehead atoms. The minimum atomic E-state index is -0.00512. The van der Waals surface area contributed by atoms with Crippen molar-refractivity contribution in [1.82, 2.24) is 4.90 Å². The van der Waals surface area contributed by atoms with Crippen LogP contribution in [0.25, 0.3) is 0 Å². The lowest BCUT2D eigenvalue weighted by atomic mass is 9.65. The molecule has 1 saturated heterocycles. The zero-order valence-corrected chi connectivity index (χ0v) is 8.62. The molecule has 0 amide bonds. The largest absolute Gasteiger partial charge is 0.306 e. The fraction of sp³-hybridized carbons (Fsp3) is 0.909. The Morgan fingerprint density at radius 1 is 1.31 bits per heavy atom. The summed E-state index contributed by atoms with van der Waals surface area (Å²) in [5.74, 6) is 1.54. The maximum atomic E-state index is 11.0. The highest BCUT2D eigenvalue weighted by Crippen LogP contribution is 2.43. The van der Waals surface area contributed by atoms with Crippen LogP contribution in [0.5, 0.6) is 0 Å². The molecule has 0 aromatic rings. The molecule has 3 atom stereocenters. The summed E-state index contributed by atoms with van der Waals surface area (Å²) in [6.07, 6.45) is 4.76. The van der Waals surface area contributed by atoms with Crippen LogP contribution in [-0.4, -0.2) is 31.3 Å². The molecule has 1 aliphatic carbocycles. The molecule has 2 rings (SSSR count). The standard InChI is InChI=1S/C11H19NO/c1-11(8-13)4-9-3-10(5-11)7-12(2)6-9/h8-10H,3-7H2,1-2H3/t9-,10+,11?. The van der Waals surface area contributed by atoms with Crippen LogP contribution in [0.2, 0.25) is 0 Å². The topological polar surface area (TPSA) is 20.3 Å². The fourth-order valence-electron chi connectivity index (χ4n) is 3.37. The smallest absolute Gasteiger partial charge is 0.125 e. The van der Waals surface area contributed by atoms with E-state index in [1.807, 2.05) is 0 Å². The highest BCUT2D eigenvalue weighted by Gasteiger charge is 2.40. The second-order valence-electron chi connectivity index (χ2n) is 5.37. The van der Waals surface area contributed by atoms with Crippen molar-refractivity contribution in [3.8, 4) is 0 Å². The first-order chi connectivity index (χ1) is 6.11. The van der Waals surface area contributed by atoms with E-state index in [1.54, 1.807) is 0 Å². The van der Waals surface area contributed by atoms with Crippen LogP contribution in [0.1, 0.15) is 26.2 Å². The zero-order valence-electron chi connectivity index (χ0n) is 8.62. The van der Waals surface area contributed by atoms with Crippen LogP contribution in [0, 0.1) is 17.3 Å². The molecule has 2 heteroatoms. The third kappa shape index (κ3) is 1.78. The lowest BCUT2D eigenvalue weighted by Gasteiger charge is -2.45. The molecule has 0 radical (unpaired) electrons. The number of rotatable bonds is 1. The summed E-state index contributed by atoms with van der Waals surface area (Å²) in [5.41, 5.74) is -0.00512. The van der Waals surface area contributed by atoms with E-state index in [4.69, 9.17) is 0 Å². The minimum absolute atomic E-state index is 0.00512. The number of hydrogen-bond donors (Lipinski definition) is 0. The molecule has 2 aliphatic rings. The van der Waals surface area contributed by atoms with E-state index < -0.39 is 0 Å². The van der Waals surface area contributed by atoms with Crippen molar-refractivity contribution >= 4 is 6.29 Å². The molecular weight excluding hydrogens is 162 g/mol. The van der Waals surface area contributed by atoms with Gasteiger partial charge in [-0.3, -0.25) is 0 Å². The normalized spacial score (nSPS) is 46.0. The Morgan fingerprint density at radius 3 is 2.31 bits per heavy atom. The second-order valence-corrected chi connectivity index (χ2v) is 5.37. The van der Waals surface area contributed by atoms with Gasteiger partial charge in [-0.25, -0.2) is 0 Å². The van der Waals surface area contributed by atoms with E-state index in [0.717, 1.165) is 24.7 Å². The first kappa shape index (κ1) is 9.20. The van der Waals surface area contributed by atoms with Crippen LogP contribution in [0.4, 0.5) is 0 Å². The van der Waals surface area contributed by atoms with Crippen LogP contribution in [0.3, 0.4) is 0 Å². The van der Waals surface area contributed by atoms with Crippen molar-refractivity contribution < 1.29 is 4.79 Å². The number of piperidine rings is 1. The predicted octanol–water partition coefficient (Wildman–Crippen LogP) is 1.55. The summed E-state index contributed by atoms with van der Waals surface area (Å²) in [4.78, 5) is 13.4. The maximum absolute atomic E-state index is 11.0. The first-order valence-corrected chi connectivity index (χ1v) is 5.26. The summed E-state index contributed by atoms with van der Waals surface area (Å²) in [6, 6.07) is 0. The Hall–Kier alpha value is -0.370. The Labute approximate surface area is 80.3 Å². The molecule has 0 aromatic carbocycles. The zero-order chi connectivity index (χ0) is 9.47. The van der Waals surface area contributed by atoms with Crippen molar-refractivity contribution in [2.75, 3.05) is 20.1 Å². The van der Waals surface area contributed by atoms with Crippen LogP contribution in [-0.2, 0) is 4.79 Å². The molecule has 74 valence electrons. The molecule has 2 fully saturated rings. The van der Waals surface area contributed by atoms with Crippen molar-refractivity contribution in [1.29, 1.82) is 0 Å². The van der Waals surface area contributed by atoms with Gasteiger partial charge in [-0.2, -0.15) is 0 Å². The number of fused-ring (bicyclic) bond motifs is 2. The van der Waals surface area contributed by atoms with Gasteiger partial charge < -0.3 is 9.69 Å². The van der Waals surface area contributed by atoms with Gasteiger partial charge in [-0.05, 0) is 38.1 Å². The molecule has 0 aromatic heterocycles. The van der Waals surface area contributed by atoms with Crippen LogP contribution in [0.15, 0.2) is 0 Å². The Kier molecular flexibility index (Phi) is 2.18. The molecule has 2 nitrogen and oxygen atoms in total. The number of likely N-dealkylation sites (tertiary alicyclic amines) is 1. The van der Waals surface area contributed by atoms with E-state index >= 15 is 0 Å². The number of aldehydes is 1. The van der Waals surface area contributed by atoms with E-state index in [-0.39, 0.29) is 5.41 Å². The third-order valence-corrected chi connectivity index (χ3v) is 3.60. The quantitative estimate of drug-likeness (QED) is 0.572. The van der Waals surface area contributed by atoms with E-state index in [2.05, 4.69) is 18.9 Å². The van der Waals surface area contributed by atoms with Gasteiger partial charge in [0.15, 0.2) is 0 Å². The predicted molar refractivity (Wildman–Crippen MR) is 52.5 cm³/mol. The maximum Gasteiger partial charge on any atom is 0.125 e. The molecule has 1 saturated carbocycles. The molecule has 0 spiro atoms. The van der Waals surface area contributed by atoms with Crippen LogP contribution < -0.4 is 0 Å². The molecule has 1 unspecified atom stereocenters. The number of nitrogens with zero attached hydrogens (tertiary/aromatic N) is 1. The van der Waals surface area contributed by atoms with E-state index in [9.17, 15) is 4.79 Å². The Balaban J connectivity index is 2.09. The third-order valence-electron chi connectivity index (χ3n) is 3.60. The molecule has 1 aliphatic heterocycles. The summed E-state index contributed by atoms with van der Waals surface area (Å²) >= 11 is 0. The summed E-state index contributed by atoms with van der Waals surface area (Å²) in [7, 11) is 2.20. The van der Waals surface area contributed by atoms with E-state index in [0.29, 0.717) is 0 Å². The number of carbonyl (C=O) groups is 1. The van der Waals surface area contributed by atoms with Crippen molar-refractivity contribution in [3.63, 3.8) is 0 Å². The van der Waals surface area contributed by atoms with Gasteiger partial charge in [0.05, 0.1) is 0 Å². The van der Waals surface area contributed by atoms with Gasteiger partial charge in [0, 0.05) is 18.5 Å². The first-order valence-electron chi connectivity index (χ1n) is 5.26. The highest BCUT2D eigenvalue weighted by atomic mass is 16.1. The second kappa shape index (κ2) is 3.09. The van der Waals surface area contributed by atoms with Crippen molar-refractivity contribution in [2.45, 2.75) is 26.2 Å². The Morgan fingerprint density at radius 2 is 1.85 bits per heavy atom. The van der Waals surface area contributed by atoms with Gasteiger partial charge in [0.2, 0.25) is 0 Å². The SMILES string of the molecule is CN1C[C@H]2C[C@@H](C1)CC(C)(C=O)C2. The van der Waals surface area contributed by atoms with Gasteiger partial charge in [-0.1, -0.05) is 6.92 Å². The monoisotopic (exact) mass is 181 g/mol. The van der Waals surface area contributed by atoms with E-state index in [1.165, 1.54) is 25.8 Å². The summed E-state index contributed by atoms with van der Waals surface area (Å²) in [6.45, 7) is 4.52. The number of carbonyl (C=O) groups excluding carboxylic acids is 1. The highest BCUT2D eigenvalue weighted by molar-refractivity contribution is 5.59. The summed E-state index contributed by atoms with van der Waals surface area (Å²) < 4.78 is 0. The minimum Gasteiger partial charge on any atom is -0.306 e. The molecular formula is C11H19NO. The molecule has 0 N–H and O–H groups in total. The van der Waals surface area contributed by atoms with Gasteiger partial charge in [0.1, 0.15) is 6.29 Å². The van der Waals surface area contributed by atoms with Gasteiger partial charge >= 0.3 is 0 Å². The number of hydrogen-bond acceptors (Lipinski definition) is 2. The average molecular weight is 181 g/mol. The van der Waals surface area contributed by atoms with Crippen molar-refractivity contribution in [2.24, 2.45) is 17.3 Å². The lowest BCUT2D eigenvalue weighted by Crippen LogP contribution is -2.46. The lowest BCUT2D eigenvalue weighted by molar-refractivity contribution is -0.120. The molecule has 13 heavy (non-hydrogen) atoms. The molecule has 1 heterocycles. The van der Waals surface area contributed by atoms with Crippen LogP contribution >= 0.6 is 0 Å². The Bertz CT molecular complexity index is 196.